The molecular formula is C17H12N4O2. The van der Waals surface area contributed by atoms with Crippen molar-refractivity contribution in [3.05, 3.63) is 73.1 Å². The van der Waals surface area contributed by atoms with Crippen molar-refractivity contribution < 1.29 is 9.21 Å². The molecule has 6 heteroatoms. The van der Waals surface area contributed by atoms with Crippen molar-refractivity contribution in [3.8, 4) is 11.3 Å². The summed E-state index contributed by atoms with van der Waals surface area (Å²) in [5, 5.41) is 2.82. The first-order valence-corrected chi connectivity index (χ1v) is 7.03. The third kappa shape index (κ3) is 2.57. The van der Waals surface area contributed by atoms with E-state index in [1.165, 1.54) is 6.39 Å². The number of nitrogens with zero attached hydrogens (tertiary/aromatic N) is 3. The van der Waals surface area contributed by atoms with E-state index in [1.807, 2.05) is 48.7 Å². The number of amides is 1. The Kier molecular flexibility index (Phi) is 3.12. The predicted octanol–water partition coefficient (Wildman–Crippen LogP) is 3.24. The lowest BCUT2D eigenvalue weighted by atomic mass is 10.2. The molecule has 0 saturated carbocycles. The maximum Gasteiger partial charge on any atom is 0.275 e. The van der Waals surface area contributed by atoms with E-state index in [1.54, 1.807) is 16.8 Å². The number of imidazole rings is 1. The molecule has 1 amide bonds. The van der Waals surface area contributed by atoms with Crippen LogP contribution < -0.4 is 5.32 Å². The molecule has 4 rings (SSSR count). The van der Waals surface area contributed by atoms with Crippen molar-refractivity contribution >= 4 is 17.2 Å². The highest BCUT2D eigenvalue weighted by Crippen LogP contribution is 2.19. The summed E-state index contributed by atoms with van der Waals surface area (Å²) < 4.78 is 7.07. The predicted molar refractivity (Wildman–Crippen MR) is 85.1 cm³/mol. The first-order chi connectivity index (χ1) is 11.3. The van der Waals surface area contributed by atoms with Gasteiger partial charge in [-0.15, -0.1) is 0 Å². The minimum absolute atomic E-state index is 0.249. The number of para-hydroxylation sites is 1. The van der Waals surface area contributed by atoms with Crippen LogP contribution in [0.5, 0.6) is 0 Å². The largest absolute Gasteiger partial charge is 0.443 e. The van der Waals surface area contributed by atoms with E-state index >= 15 is 0 Å². The van der Waals surface area contributed by atoms with E-state index in [0.29, 0.717) is 17.1 Å². The van der Waals surface area contributed by atoms with Gasteiger partial charge in [0.15, 0.2) is 12.2 Å². The van der Waals surface area contributed by atoms with Crippen LogP contribution >= 0.6 is 0 Å². The number of fused-ring (bicyclic) bond motifs is 1. The molecule has 0 atom stereocenters. The molecule has 1 N–H and O–H groups in total. The molecule has 0 spiro atoms. The van der Waals surface area contributed by atoms with E-state index < -0.39 is 0 Å². The van der Waals surface area contributed by atoms with Crippen LogP contribution in [0.2, 0.25) is 0 Å². The van der Waals surface area contributed by atoms with E-state index in [-0.39, 0.29) is 5.91 Å². The van der Waals surface area contributed by atoms with Crippen LogP contribution in [0.4, 0.5) is 5.69 Å². The topological polar surface area (TPSA) is 72.4 Å². The van der Waals surface area contributed by atoms with Gasteiger partial charge in [0.25, 0.3) is 5.91 Å². The Hall–Kier alpha value is -3.41. The Morgan fingerprint density at radius 3 is 2.74 bits per heavy atom. The normalized spacial score (nSPS) is 10.8. The summed E-state index contributed by atoms with van der Waals surface area (Å²) in [4.78, 5) is 20.5. The summed E-state index contributed by atoms with van der Waals surface area (Å²) in [5.74, 6) is 0.414. The second-order valence-electron chi connectivity index (χ2n) is 5.00. The fourth-order valence-electron chi connectivity index (χ4n) is 2.32. The van der Waals surface area contributed by atoms with E-state index in [2.05, 4.69) is 15.3 Å². The van der Waals surface area contributed by atoms with Crippen molar-refractivity contribution in [1.82, 2.24) is 14.4 Å². The molecule has 0 aliphatic carbocycles. The molecular weight excluding hydrogens is 292 g/mol. The van der Waals surface area contributed by atoms with Gasteiger partial charge < -0.3 is 14.1 Å². The maximum absolute atomic E-state index is 12.3. The third-order valence-electron chi connectivity index (χ3n) is 3.43. The third-order valence-corrected chi connectivity index (χ3v) is 3.43. The molecule has 6 nitrogen and oxygen atoms in total. The van der Waals surface area contributed by atoms with Gasteiger partial charge in [-0.3, -0.25) is 4.79 Å². The number of carbonyl (C=O) groups excluding carboxylic acids is 1. The summed E-state index contributed by atoms with van der Waals surface area (Å²) in [6.45, 7) is 0. The Morgan fingerprint density at radius 1 is 1.09 bits per heavy atom. The molecule has 0 aliphatic rings. The average Bonchev–Trinajstić information content (AvgIpc) is 3.24. The fourth-order valence-corrected chi connectivity index (χ4v) is 2.32. The molecule has 0 saturated heterocycles. The van der Waals surface area contributed by atoms with Crippen molar-refractivity contribution in [3.63, 3.8) is 0 Å². The molecule has 23 heavy (non-hydrogen) atoms. The highest BCUT2D eigenvalue weighted by atomic mass is 16.3. The zero-order valence-corrected chi connectivity index (χ0v) is 12.0. The lowest BCUT2D eigenvalue weighted by Crippen LogP contribution is -2.11. The van der Waals surface area contributed by atoms with Crippen molar-refractivity contribution in [2.45, 2.75) is 0 Å². The Morgan fingerprint density at radius 2 is 1.96 bits per heavy atom. The highest BCUT2D eigenvalue weighted by molar-refractivity contribution is 6.03. The van der Waals surface area contributed by atoms with Gasteiger partial charge in [0, 0.05) is 23.6 Å². The molecule has 0 aliphatic heterocycles. The summed E-state index contributed by atoms with van der Waals surface area (Å²) in [6.07, 6.45) is 6.56. The van der Waals surface area contributed by atoms with Crippen LogP contribution in [-0.2, 0) is 0 Å². The fraction of sp³-hybridized carbons (Fsp3) is 0. The van der Waals surface area contributed by atoms with Gasteiger partial charge >= 0.3 is 0 Å². The lowest BCUT2D eigenvalue weighted by Gasteiger charge is -2.01. The van der Waals surface area contributed by atoms with Gasteiger partial charge in [-0.25, -0.2) is 9.97 Å². The number of oxazole rings is 1. The van der Waals surface area contributed by atoms with Gasteiger partial charge in [-0.05, 0) is 24.3 Å². The smallest absolute Gasteiger partial charge is 0.275 e. The monoisotopic (exact) mass is 304 g/mol. The quantitative estimate of drug-likeness (QED) is 0.630. The Labute approximate surface area is 131 Å². The number of aromatic nitrogens is 3. The van der Waals surface area contributed by atoms with E-state index in [4.69, 9.17) is 4.42 Å². The number of nitrogens with one attached hydrogen (secondary N) is 1. The van der Waals surface area contributed by atoms with Crippen LogP contribution in [0.15, 0.2) is 71.9 Å². The maximum atomic E-state index is 12.3. The van der Waals surface area contributed by atoms with E-state index in [9.17, 15) is 4.79 Å². The van der Waals surface area contributed by atoms with Gasteiger partial charge in [-0.1, -0.05) is 18.2 Å². The van der Waals surface area contributed by atoms with Crippen molar-refractivity contribution in [2.75, 3.05) is 5.32 Å². The Balaban J connectivity index is 1.65. The highest BCUT2D eigenvalue weighted by Gasteiger charge is 2.12. The first kappa shape index (κ1) is 13.3. The number of pyridine rings is 1. The van der Waals surface area contributed by atoms with Crippen LogP contribution in [0.1, 0.15) is 10.5 Å². The molecule has 0 bridgehead atoms. The number of anilines is 1. The van der Waals surface area contributed by atoms with Crippen LogP contribution in [0.3, 0.4) is 0 Å². The summed E-state index contributed by atoms with van der Waals surface area (Å²) in [6, 6.07) is 13.0. The van der Waals surface area contributed by atoms with Gasteiger partial charge in [0.1, 0.15) is 11.3 Å². The molecule has 0 radical (unpaired) electrons. The lowest BCUT2D eigenvalue weighted by molar-refractivity contribution is 0.102. The Bertz CT molecular complexity index is 959. The molecule has 4 aromatic rings. The number of rotatable bonds is 3. The average molecular weight is 304 g/mol. The van der Waals surface area contributed by atoms with Crippen LogP contribution in [0.25, 0.3) is 17.0 Å². The van der Waals surface area contributed by atoms with Crippen molar-refractivity contribution in [2.24, 2.45) is 0 Å². The minimum Gasteiger partial charge on any atom is -0.443 e. The second kappa shape index (κ2) is 5.42. The van der Waals surface area contributed by atoms with Crippen LogP contribution in [0, 0.1) is 0 Å². The standard InChI is InChI=1S/C17H12N4O2/c22-17(19-13-4-2-1-3-5-13)14-10-21-9-12(6-7-16(21)20-14)15-8-18-11-23-15/h1-11H,(H,19,22). The summed E-state index contributed by atoms with van der Waals surface area (Å²) >= 11 is 0. The second-order valence-corrected chi connectivity index (χ2v) is 5.00. The van der Waals surface area contributed by atoms with Crippen LogP contribution in [-0.4, -0.2) is 20.3 Å². The van der Waals surface area contributed by atoms with Gasteiger partial charge in [0.2, 0.25) is 0 Å². The molecule has 1 aromatic carbocycles. The van der Waals surface area contributed by atoms with E-state index in [0.717, 1.165) is 11.3 Å². The minimum atomic E-state index is -0.249. The van der Waals surface area contributed by atoms with Gasteiger partial charge in [-0.2, -0.15) is 0 Å². The first-order valence-electron chi connectivity index (χ1n) is 7.03. The zero-order valence-electron chi connectivity index (χ0n) is 12.0. The summed E-state index contributed by atoms with van der Waals surface area (Å²) in [5.41, 5.74) is 2.63. The SMILES string of the molecule is O=C(Nc1ccccc1)c1cn2cc(-c3cnco3)ccc2n1. The molecule has 0 fully saturated rings. The van der Waals surface area contributed by atoms with Gasteiger partial charge in [0.05, 0.1) is 6.20 Å². The van der Waals surface area contributed by atoms with Crippen molar-refractivity contribution in [1.29, 1.82) is 0 Å². The number of carbonyl (C=O) groups is 1. The molecule has 3 heterocycles. The number of hydrogen-bond donors (Lipinski definition) is 1. The zero-order chi connectivity index (χ0) is 15.6. The summed E-state index contributed by atoms with van der Waals surface area (Å²) in [7, 11) is 0. The number of hydrogen-bond acceptors (Lipinski definition) is 4. The molecule has 112 valence electrons. The molecule has 0 unspecified atom stereocenters. The molecule has 3 aromatic heterocycles. The number of benzene rings is 1.